The van der Waals surface area contributed by atoms with Crippen LogP contribution in [0.4, 0.5) is 0 Å². The summed E-state index contributed by atoms with van der Waals surface area (Å²) in [6, 6.07) is 12.9. The van der Waals surface area contributed by atoms with Crippen LogP contribution in [-0.2, 0) is 6.42 Å². The molecule has 5 heteroatoms. The van der Waals surface area contributed by atoms with Gasteiger partial charge in [0.1, 0.15) is 5.75 Å². The Morgan fingerprint density at radius 1 is 1.16 bits per heavy atom. The molecule has 2 aromatic rings. The standard InChI is InChI=1S/C14H16N2O2.ClH/c15-12(10-17)8-11-6-7-14(16-9-11)18-13-4-2-1-3-5-13;/h1-7,9,12,17H,8,10,15H2;1H. The van der Waals surface area contributed by atoms with E-state index in [1.54, 1.807) is 12.3 Å². The van der Waals surface area contributed by atoms with Crippen molar-refractivity contribution in [1.29, 1.82) is 0 Å². The Morgan fingerprint density at radius 3 is 2.47 bits per heavy atom. The van der Waals surface area contributed by atoms with Gasteiger partial charge in [-0.15, -0.1) is 12.4 Å². The lowest BCUT2D eigenvalue weighted by Gasteiger charge is -2.08. The molecule has 0 saturated carbocycles. The zero-order chi connectivity index (χ0) is 12.8. The second-order valence-corrected chi connectivity index (χ2v) is 4.07. The molecule has 0 aliphatic heterocycles. The minimum atomic E-state index is -0.243. The maximum Gasteiger partial charge on any atom is 0.219 e. The summed E-state index contributed by atoms with van der Waals surface area (Å²) in [5.74, 6) is 1.30. The molecule has 0 spiro atoms. The van der Waals surface area contributed by atoms with Gasteiger partial charge in [-0.05, 0) is 24.1 Å². The number of aromatic nitrogens is 1. The van der Waals surface area contributed by atoms with Gasteiger partial charge >= 0.3 is 0 Å². The summed E-state index contributed by atoms with van der Waals surface area (Å²) in [5, 5.41) is 8.88. The summed E-state index contributed by atoms with van der Waals surface area (Å²) in [6.45, 7) is -0.0255. The first-order valence-corrected chi connectivity index (χ1v) is 5.82. The van der Waals surface area contributed by atoms with E-state index in [9.17, 15) is 0 Å². The molecule has 1 aromatic carbocycles. The van der Waals surface area contributed by atoms with Crippen molar-refractivity contribution in [3.8, 4) is 11.6 Å². The fourth-order valence-corrected chi connectivity index (χ4v) is 1.57. The van der Waals surface area contributed by atoms with Crippen LogP contribution < -0.4 is 10.5 Å². The summed E-state index contributed by atoms with van der Waals surface area (Å²) in [4.78, 5) is 4.20. The maximum absolute atomic E-state index is 8.88. The molecule has 2 rings (SSSR count). The number of ether oxygens (including phenoxy) is 1. The van der Waals surface area contributed by atoms with E-state index in [0.29, 0.717) is 12.3 Å². The van der Waals surface area contributed by atoms with Crippen molar-refractivity contribution >= 4 is 12.4 Å². The van der Waals surface area contributed by atoms with Gasteiger partial charge in [-0.3, -0.25) is 0 Å². The van der Waals surface area contributed by atoms with Crippen molar-refractivity contribution in [2.24, 2.45) is 5.73 Å². The summed E-state index contributed by atoms with van der Waals surface area (Å²) < 4.78 is 5.57. The van der Waals surface area contributed by atoms with Gasteiger partial charge in [-0.25, -0.2) is 4.98 Å². The number of nitrogens with zero attached hydrogens (tertiary/aromatic N) is 1. The predicted molar refractivity (Wildman–Crippen MR) is 76.8 cm³/mol. The Labute approximate surface area is 118 Å². The lowest BCUT2D eigenvalue weighted by Crippen LogP contribution is -2.26. The number of hydrogen-bond donors (Lipinski definition) is 2. The Morgan fingerprint density at radius 2 is 1.89 bits per heavy atom. The van der Waals surface area contributed by atoms with Crippen LogP contribution >= 0.6 is 12.4 Å². The van der Waals surface area contributed by atoms with Crippen molar-refractivity contribution in [2.45, 2.75) is 12.5 Å². The van der Waals surface area contributed by atoms with E-state index in [2.05, 4.69) is 4.98 Å². The number of para-hydroxylation sites is 1. The van der Waals surface area contributed by atoms with Crippen molar-refractivity contribution in [2.75, 3.05) is 6.61 Å². The number of rotatable bonds is 5. The molecular weight excluding hydrogens is 264 g/mol. The molecular formula is C14H17ClN2O2. The van der Waals surface area contributed by atoms with Gasteiger partial charge in [-0.2, -0.15) is 0 Å². The average Bonchev–Trinajstić information content (AvgIpc) is 2.42. The van der Waals surface area contributed by atoms with Crippen LogP contribution in [0.15, 0.2) is 48.7 Å². The van der Waals surface area contributed by atoms with Crippen molar-refractivity contribution < 1.29 is 9.84 Å². The van der Waals surface area contributed by atoms with Crippen LogP contribution in [-0.4, -0.2) is 22.7 Å². The number of aliphatic hydroxyl groups excluding tert-OH is 1. The molecule has 0 aliphatic rings. The van der Waals surface area contributed by atoms with Gasteiger partial charge in [0, 0.05) is 18.3 Å². The van der Waals surface area contributed by atoms with Crippen LogP contribution in [0, 0.1) is 0 Å². The van der Waals surface area contributed by atoms with Gasteiger partial charge in [0.25, 0.3) is 0 Å². The zero-order valence-electron chi connectivity index (χ0n) is 10.4. The minimum absolute atomic E-state index is 0. The monoisotopic (exact) mass is 280 g/mol. The normalized spacial score (nSPS) is 11.5. The van der Waals surface area contributed by atoms with E-state index in [1.165, 1.54) is 0 Å². The molecule has 0 radical (unpaired) electrons. The Bertz CT molecular complexity index is 477. The second-order valence-electron chi connectivity index (χ2n) is 4.07. The van der Waals surface area contributed by atoms with E-state index >= 15 is 0 Å². The molecule has 0 amide bonds. The third-order valence-corrected chi connectivity index (χ3v) is 2.50. The van der Waals surface area contributed by atoms with Crippen LogP contribution in [0.5, 0.6) is 11.6 Å². The highest BCUT2D eigenvalue weighted by molar-refractivity contribution is 5.85. The number of nitrogens with two attached hydrogens (primary N) is 1. The molecule has 0 fully saturated rings. The first-order valence-electron chi connectivity index (χ1n) is 5.82. The number of pyridine rings is 1. The molecule has 1 unspecified atom stereocenters. The fourth-order valence-electron chi connectivity index (χ4n) is 1.57. The SMILES string of the molecule is Cl.NC(CO)Cc1ccc(Oc2ccccc2)nc1. The van der Waals surface area contributed by atoms with E-state index < -0.39 is 0 Å². The summed E-state index contributed by atoms with van der Waals surface area (Å²) in [5.41, 5.74) is 6.64. The van der Waals surface area contributed by atoms with E-state index in [-0.39, 0.29) is 25.1 Å². The number of halogens is 1. The van der Waals surface area contributed by atoms with Gasteiger partial charge in [-0.1, -0.05) is 24.3 Å². The molecule has 102 valence electrons. The molecule has 0 aliphatic carbocycles. The lowest BCUT2D eigenvalue weighted by atomic mass is 10.1. The Kier molecular flexibility index (Phi) is 6.29. The zero-order valence-corrected chi connectivity index (χ0v) is 11.2. The lowest BCUT2D eigenvalue weighted by molar-refractivity contribution is 0.265. The number of hydrogen-bond acceptors (Lipinski definition) is 4. The smallest absolute Gasteiger partial charge is 0.219 e. The highest BCUT2D eigenvalue weighted by Gasteiger charge is 2.03. The topological polar surface area (TPSA) is 68.4 Å². The van der Waals surface area contributed by atoms with E-state index in [1.807, 2.05) is 36.4 Å². The van der Waals surface area contributed by atoms with E-state index in [4.69, 9.17) is 15.6 Å². The second kappa shape index (κ2) is 7.74. The van der Waals surface area contributed by atoms with Crippen LogP contribution in [0.1, 0.15) is 5.56 Å². The first kappa shape index (κ1) is 15.4. The summed E-state index contributed by atoms with van der Waals surface area (Å²) in [7, 11) is 0. The molecule has 19 heavy (non-hydrogen) atoms. The Hall–Kier alpha value is -1.62. The number of benzene rings is 1. The average molecular weight is 281 g/mol. The highest BCUT2D eigenvalue weighted by Crippen LogP contribution is 2.18. The third-order valence-electron chi connectivity index (χ3n) is 2.50. The Balaban J connectivity index is 0.00000180. The molecule has 3 N–H and O–H groups in total. The molecule has 1 aromatic heterocycles. The van der Waals surface area contributed by atoms with E-state index in [0.717, 1.165) is 11.3 Å². The predicted octanol–water partition coefficient (Wildman–Crippen LogP) is 2.16. The summed E-state index contributed by atoms with van der Waals surface area (Å²) >= 11 is 0. The first-order chi connectivity index (χ1) is 8.78. The molecule has 0 bridgehead atoms. The summed E-state index contributed by atoms with van der Waals surface area (Å²) in [6.07, 6.45) is 2.32. The third kappa shape index (κ3) is 4.87. The van der Waals surface area contributed by atoms with Gasteiger partial charge in [0.05, 0.1) is 6.61 Å². The fraction of sp³-hybridized carbons (Fsp3) is 0.214. The minimum Gasteiger partial charge on any atom is -0.439 e. The van der Waals surface area contributed by atoms with Crippen molar-refractivity contribution in [3.63, 3.8) is 0 Å². The van der Waals surface area contributed by atoms with Gasteiger partial charge < -0.3 is 15.6 Å². The van der Waals surface area contributed by atoms with Gasteiger partial charge in [0.2, 0.25) is 5.88 Å². The quantitative estimate of drug-likeness (QED) is 0.881. The highest BCUT2D eigenvalue weighted by atomic mass is 35.5. The number of aliphatic hydroxyl groups is 1. The molecule has 4 nitrogen and oxygen atoms in total. The maximum atomic E-state index is 8.88. The molecule has 1 atom stereocenters. The van der Waals surface area contributed by atoms with Crippen LogP contribution in [0.2, 0.25) is 0 Å². The van der Waals surface area contributed by atoms with Crippen molar-refractivity contribution in [1.82, 2.24) is 4.98 Å². The molecule has 0 saturated heterocycles. The largest absolute Gasteiger partial charge is 0.439 e. The van der Waals surface area contributed by atoms with Crippen molar-refractivity contribution in [3.05, 3.63) is 54.2 Å². The van der Waals surface area contributed by atoms with Crippen LogP contribution in [0.25, 0.3) is 0 Å². The van der Waals surface area contributed by atoms with Gasteiger partial charge in [0.15, 0.2) is 0 Å². The molecule has 1 heterocycles. The van der Waals surface area contributed by atoms with Crippen LogP contribution in [0.3, 0.4) is 0 Å².